The van der Waals surface area contributed by atoms with Crippen molar-refractivity contribution in [1.29, 1.82) is 0 Å². The lowest BCUT2D eigenvalue weighted by molar-refractivity contribution is 0.0934. The summed E-state index contributed by atoms with van der Waals surface area (Å²) in [6.45, 7) is 7.85. The van der Waals surface area contributed by atoms with Crippen LogP contribution in [-0.4, -0.2) is 10.9 Å². The third kappa shape index (κ3) is 4.54. The number of amides is 1. The molecule has 2 aromatic heterocycles. The summed E-state index contributed by atoms with van der Waals surface area (Å²) in [6.07, 6.45) is 5.00. The van der Waals surface area contributed by atoms with E-state index in [9.17, 15) is 9.59 Å². The summed E-state index contributed by atoms with van der Waals surface area (Å²) >= 11 is 0. The van der Waals surface area contributed by atoms with E-state index >= 15 is 0 Å². The second kappa shape index (κ2) is 7.90. The van der Waals surface area contributed by atoms with Crippen LogP contribution in [0.3, 0.4) is 0 Å². The molecule has 0 aliphatic carbocycles. The van der Waals surface area contributed by atoms with Crippen molar-refractivity contribution in [1.82, 2.24) is 10.3 Å². The fourth-order valence-electron chi connectivity index (χ4n) is 2.48. The average molecular weight is 328 g/mol. The molecular formula is C19H24N2O3. The minimum absolute atomic E-state index is 0.0686. The lowest BCUT2D eigenvalue weighted by Crippen LogP contribution is -2.31. The molecule has 1 atom stereocenters. The van der Waals surface area contributed by atoms with Crippen molar-refractivity contribution < 1.29 is 9.21 Å². The normalized spacial score (nSPS) is 12.2. The molecule has 0 spiro atoms. The van der Waals surface area contributed by atoms with E-state index in [2.05, 4.69) is 24.1 Å². The first-order valence-corrected chi connectivity index (χ1v) is 8.23. The van der Waals surface area contributed by atoms with Crippen LogP contribution in [0.1, 0.15) is 60.5 Å². The molecule has 0 aliphatic heterocycles. The molecule has 1 unspecified atom stereocenters. The Morgan fingerprint density at radius 2 is 2.08 bits per heavy atom. The van der Waals surface area contributed by atoms with E-state index < -0.39 is 11.5 Å². The van der Waals surface area contributed by atoms with Gasteiger partial charge in [-0.15, -0.1) is 0 Å². The second-order valence-corrected chi connectivity index (χ2v) is 6.47. The van der Waals surface area contributed by atoms with Crippen molar-refractivity contribution in [3.05, 3.63) is 63.5 Å². The molecule has 0 fully saturated rings. The van der Waals surface area contributed by atoms with E-state index in [-0.39, 0.29) is 11.6 Å². The van der Waals surface area contributed by atoms with Gasteiger partial charge in [-0.2, -0.15) is 0 Å². The average Bonchev–Trinajstić information content (AvgIpc) is 2.53. The quantitative estimate of drug-likeness (QED) is 0.882. The number of hydrogen-bond donors (Lipinski definition) is 1. The zero-order valence-corrected chi connectivity index (χ0v) is 14.6. The zero-order valence-electron chi connectivity index (χ0n) is 14.6. The topological polar surface area (TPSA) is 72.2 Å². The molecular weight excluding hydrogens is 304 g/mol. The van der Waals surface area contributed by atoms with Crippen molar-refractivity contribution in [3.63, 3.8) is 0 Å². The number of rotatable bonds is 6. The van der Waals surface area contributed by atoms with Gasteiger partial charge in [0.1, 0.15) is 11.3 Å². The van der Waals surface area contributed by atoms with Crippen LogP contribution >= 0.6 is 0 Å². The highest BCUT2D eigenvalue weighted by Gasteiger charge is 2.19. The Morgan fingerprint density at radius 1 is 1.33 bits per heavy atom. The maximum absolute atomic E-state index is 12.5. The molecule has 128 valence electrons. The number of pyridine rings is 1. The van der Waals surface area contributed by atoms with Crippen molar-refractivity contribution in [3.8, 4) is 0 Å². The predicted molar refractivity (Wildman–Crippen MR) is 93.0 cm³/mol. The van der Waals surface area contributed by atoms with Gasteiger partial charge < -0.3 is 9.73 Å². The Hall–Kier alpha value is -2.43. The number of hydrogen-bond acceptors (Lipinski definition) is 4. The van der Waals surface area contributed by atoms with E-state index in [0.29, 0.717) is 23.7 Å². The van der Waals surface area contributed by atoms with E-state index in [0.717, 1.165) is 12.0 Å². The highest BCUT2D eigenvalue weighted by molar-refractivity contribution is 5.95. The monoisotopic (exact) mass is 328 g/mol. The van der Waals surface area contributed by atoms with E-state index in [1.165, 1.54) is 0 Å². The van der Waals surface area contributed by atoms with Crippen molar-refractivity contribution in [2.75, 3.05) is 0 Å². The molecule has 1 amide bonds. The summed E-state index contributed by atoms with van der Waals surface area (Å²) in [5.74, 6) is 0.731. The van der Waals surface area contributed by atoms with Gasteiger partial charge in [0.25, 0.3) is 5.91 Å². The van der Waals surface area contributed by atoms with Gasteiger partial charge in [-0.1, -0.05) is 19.9 Å². The SMILES string of the molecule is Cc1cc(CCC(C)C)oc(=O)c1C(=O)NC(C)c1cccnc1. The smallest absolute Gasteiger partial charge is 0.349 e. The zero-order chi connectivity index (χ0) is 17.7. The Bertz CT molecular complexity index is 751. The van der Waals surface area contributed by atoms with E-state index in [4.69, 9.17) is 4.42 Å². The molecule has 0 saturated heterocycles. The van der Waals surface area contributed by atoms with Crippen LogP contribution in [0.2, 0.25) is 0 Å². The predicted octanol–water partition coefficient (Wildman–Crippen LogP) is 3.42. The lowest BCUT2D eigenvalue weighted by atomic mass is 10.0. The maximum atomic E-state index is 12.5. The second-order valence-electron chi connectivity index (χ2n) is 6.47. The highest BCUT2D eigenvalue weighted by atomic mass is 16.4. The molecule has 2 aromatic rings. The molecule has 2 rings (SSSR count). The largest absolute Gasteiger partial charge is 0.427 e. The number of nitrogens with one attached hydrogen (secondary N) is 1. The molecule has 1 N–H and O–H groups in total. The Morgan fingerprint density at radius 3 is 2.67 bits per heavy atom. The van der Waals surface area contributed by atoms with Gasteiger partial charge in [0.05, 0.1) is 6.04 Å². The van der Waals surface area contributed by atoms with Crippen LogP contribution in [0.15, 0.2) is 39.8 Å². The Kier molecular flexibility index (Phi) is 5.90. The first-order chi connectivity index (χ1) is 11.4. The van der Waals surface area contributed by atoms with Crippen molar-refractivity contribution in [2.24, 2.45) is 5.92 Å². The van der Waals surface area contributed by atoms with Crippen molar-refractivity contribution >= 4 is 5.91 Å². The summed E-state index contributed by atoms with van der Waals surface area (Å²) in [5, 5.41) is 2.82. The molecule has 0 radical (unpaired) electrons. The van der Waals surface area contributed by atoms with Crippen LogP contribution < -0.4 is 10.9 Å². The van der Waals surface area contributed by atoms with Gasteiger partial charge >= 0.3 is 5.63 Å². The van der Waals surface area contributed by atoms with Gasteiger partial charge in [-0.3, -0.25) is 9.78 Å². The molecule has 0 bridgehead atoms. The summed E-state index contributed by atoms with van der Waals surface area (Å²) < 4.78 is 5.32. The van der Waals surface area contributed by atoms with Crippen LogP contribution in [0.25, 0.3) is 0 Å². The molecule has 5 heteroatoms. The van der Waals surface area contributed by atoms with Crippen LogP contribution in [0, 0.1) is 12.8 Å². The molecule has 0 aliphatic rings. The molecule has 5 nitrogen and oxygen atoms in total. The third-order valence-electron chi connectivity index (χ3n) is 3.93. The van der Waals surface area contributed by atoms with Gasteiger partial charge in [-0.25, -0.2) is 4.79 Å². The molecule has 2 heterocycles. The minimum Gasteiger partial charge on any atom is -0.427 e. The summed E-state index contributed by atoms with van der Waals surface area (Å²) in [7, 11) is 0. The summed E-state index contributed by atoms with van der Waals surface area (Å²) in [5.41, 5.74) is 1.01. The minimum atomic E-state index is -0.579. The molecule has 0 saturated carbocycles. The fourth-order valence-corrected chi connectivity index (χ4v) is 2.48. The molecule has 24 heavy (non-hydrogen) atoms. The number of nitrogens with zero attached hydrogens (tertiary/aromatic N) is 1. The van der Waals surface area contributed by atoms with Gasteiger partial charge in [0.2, 0.25) is 0 Å². The van der Waals surface area contributed by atoms with Crippen molar-refractivity contribution in [2.45, 2.75) is 46.6 Å². The number of carbonyl (C=O) groups is 1. The van der Waals surface area contributed by atoms with Gasteiger partial charge in [0.15, 0.2) is 0 Å². The maximum Gasteiger partial charge on any atom is 0.349 e. The highest BCUT2D eigenvalue weighted by Crippen LogP contribution is 2.14. The lowest BCUT2D eigenvalue weighted by Gasteiger charge is -2.14. The van der Waals surface area contributed by atoms with Gasteiger partial charge in [-0.05, 0) is 49.4 Å². The first-order valence-electron chi connectivity index (χ1n) is 8.23. The molecule has 0 aromatic carbocycles. The van der Waals surface area contributed by atoms with Crippen LogP contribution in [0.5, 0.6) is 0 Å². The Balaban J connectivity index is 2.16. The number of aryl methyl sites for hydroxylation is 2. The first kappa shape index (κ1) is 17.9. The Labute approximate surface area is 142 Å². The number of aromatic nitrogens is 1. The van der Waals surface area contributed by atoms with E-state index in [1.54, 1.807) is 31.5 Å². The standard InChI is InChI=1S/C19H24N2O3/c1-12(2)7-8-16-10-13(3)17(19(23)24-16)18(22)21-14(4)15-6-5-9-20-11-15/h5-6,9-12,14H,7-8H2,1-4H3,(H,21,22). The van der Waals surface area contributed by atoms with Gasteiger partial charge in [0, 0.05) is 18.8 Å². The number of carbonyl (C=O) groups excluding carboxylic acids is 1. The summed E-state index contributed by atoms with van der Waals surface area (Å²) in [6, 6.07) is 5.22. The van der Waals surface area contributed by atoms with E-state index in [1.807, 2.05) is 13.0 Å². The van der Waals surface area contributed by atoms with Crippen LogP contribution in [0.4, 0.5) is 0 Å². The third-order valence-corrected chi connectivity index (χ3v) is 3.93. The fraction of sp³-hybridized carbons (Fsp3) is 0.421. The summed E-state index contributed by atoms with van der Waals surface area (Å²) in [4.78, 5) is 28.7. The van der Waals surface area contributed by atoms with Crippen LogP contribution in [-0.2, 0) is 6.42 Å².